The molecule has 0 amide bonds. The van der Waals surface area contributed by atoms with Gasteiger partial charge in [-0.3, -0.25) is 4.79 Å². The van der Waals surface area contributed by atoms with Crippen molar-refractivity contribution in [3.63, 3.8) is 0 Å². The molecule has 2 heterocycles. The fourth-order valence-corrected chi connectivity index (χ4v) is 2.03. The van der Waals surface area contributed by atoms with Crippen LogP contribution in [0.5, 0.6) is 11.5 Å². The number of ketones is 1. The first-order chi connectivity index (χ1) is 8.34. The number of nitrogens with zero attached hydrogens (tertiary/aromatic N) is 2. The number of benzene rings is 1. The number of rotatable bonds is 2. The molecule has 17 heavy (non-hydrogen) atoms. The fourth-order valence-electron chi connectivity index (χ4n) is 1.60. The third kappa shape index (κ3) is 1.87. The molecule has 86 valence electrons. The monoisotopic (exact) mass is 248 g/mol. The largest absolute Gasteiger partial charge is 0.486 e. The van der Waals surface area contributed by atoms with Gasteiger partial charge in [0.1, 0.15) is 18.9 Å². The van der Waals surface area contributed by atoms with E-state index in [1.165, 1.54) is 0 Å². The number of ether oxygens (including phenoxy) is 2. The molecule has 0 spiro atoms. The molecule has 1 aliphatic heterocycles. The zero-order valence-corrected chi connectivity index (χ0v) is 9.57. The zero-order chi connectivity index (χ0) is 11.7. The molecule has 0 N–H and O–H groups in total. The van der Waals surface area contributed by atoms with E-state index >= 15 is 0 Å². The molecule has 1 aliphatic rings. The Morgan fingerprint density at radius 3 is 2.82 bits per heavy atom. The number of carbonyl (C=O) groups is 1. The number of hydrogen-bond donors (Lipinski definition) is 0. The highest BCUT2D eigenvalue weighted by Crippen LogP contribution is 2.31. The predicted octanol–water partition coefficient (Wildman–Crippen LogP) is 1.54. The SMILES string of the molecule is O=C(c1ccc2c(c1)OCCO2)c1csnn1. The summed E-state index contributed by atoms with van der Waals surface area (Å²) in [5.74, 6) is 1.12. The summed E-state index contributed by atoms with van der Waals surface area (Å²) in [5.41, 5.74) is 0.883. The number of fused-ring (bicyclic) bond motifs is 1. The van der Waals surface area contributed by atoms with Crippen LogP contribution in [0.1, 0.15) is 16.1 Å². The maximum absolute atomic E-state index is 12.0. The number of aromatic nitrogens is 2. The van der Waals surface area contributed by atoms with E-state index in [0.29, 0.717) is 36.0 Å². The summed E-state index contributed by atoms with van der Waals surface area (Å²) in [4.78, 5) is 12.0. The van der Waals surface area contributed by atoms with Crippen LogP contribution in [-0.2, 0) is 0 Å². The Kier molecular flexibility index (Phi) is 2.49. The third-order valence-electron chi connectivity index (χ3n) is 2.40. The van der Waals surface area contributed by atoms with Gasteiger partial charge in [0.2, 0.25) is 5.78 Å². The third-order valence-corrected chi connectivity index (χ3v) is 2.90. The number of hydrogen-bond acceptors (Lipinski definition) is 6. The lowest BCUT2D eigenvalue weighted by molar-refractivity contribution is 0.103. The first kappa shape index (κ1) is 10.2. The standard InChI is InChI=1S/C11H8N2O3S/c14-11(8-6-17-13-12-8)7-1-2-9-10(5-7)16-4-3-15-9/h1-2,5-6H,3-4H2. The first-order valence-electron chi connectivity index (χ1n) is 5.06. The lowest BCUT2D eigenvalue weighted by atomic mass is 10.1. The Bertz CT molecular complexity index is 554. The van der Waals surface area contributed by atoms with Crippen molar-refractivity contribution in [1.82, 2.24) is 9.59 Å². The first-order valence-corrected chi connectivity index (χ1v) is 5.89. The molecule has 3 rings (SSSR count). The second kappa shape index (κ2) is 4.14. The normalized spacial score (nSPS) is 13.4. The highest BCUT2D eigenvalue weighted by atomic mass is 32.1. The van der Waals surface area contributed by atoms with E-state index in [2.05, 4.69) is 9.59 Å². The fraction of sp³-hybridized carbons (Fsp3) is 0.182. The molecule has 0 fully saturated rings. The molecule has 1 aromatic carbocycles. The molecule has 0 bridgehead atoms. The average molecular weight is 248 g/mol. The van der Waals surface area contributed by atoms with E-state index in [9.17, 15) is 4.79 Å². The van der Waals surface area contributed by atoms with Gasteiger partial charge in [-0.05, 0) is 29.7 Å². The highest BCUT2D eigenvalue weighted by molar-refractivity contribution is 7.03. The van der Waals surface area contributed by atoms with E-state index in [1.54, 1.807) is 23.6 Å². The average Bonchev–Trinajstić information content (AvgIpc) is 2.91. The van der Waals surface area contributed by atoms with Crippen LogP contribution in [0, 0.1) is 0 Å². The van der Waals surface area contributed by atoms with Crippen LogP contribution in [0.2, 0.25) is 0 Å². The maximum Gasteiger partial charge on any atom is 0.214 e. The quantitative estimate of drug-likeness (QED) is 0.754. The summed E-state index contributed by atoms with van der Waals surface area (Å²) in [6.45, 7) is 1.04. The van der Waals surface area contributed by atoms with Crippen molar-refractivity contribution in [3.05, 3.63) is 34.8 Å². The van der Waals surface area contributed by atoms with Crippen molar-refractivity contribution < 1.29 is 14.3 Å². The smallest absolute Gasteiger partial charge is 0.214 e. The molecule has 0 aliphatic carbocycles. The van der Waals surface area contributed by atoms with E-state index in [4.69, 9.17) is 9.47 Å². The summed E-state index contributed by atoms with van der Waals surface area (Å²) < 4.78 is 14.5. The van der Waals surface area contributed by atoms with Gasteiger partial charge in [0.25, 0.3) is 0 Å². The minimum Gasteiger partial charge on any atom is -0.486 e. The van der Waals surface area contributed by atoms with Gasteiger partial charge in [-0.15, -0.1) is 5.10 Å². The van der Waals surface area contributed by atoms with Crippen molar-refractivity contribution >= 4 is 17.3 Å². The van der Waals surface area contributed by atoms with Crippen LogP contribution in [0.4, 0.5) is 0 Å². The van der Waals surface area contributed by atoms with Crippen LogP contribution in [-0.4, -0.2) is 28.6 Å². The second-order valence-corrected chi connectivity index (χ2v) is 4.09. The summed E-state index contributed by atoms with van der Waals surface area (Å²) in [6, 6.07) is 5.12. The summed E-state index contributed by atoms with van der Waals surface area (Å²) in [5, 5.41) is 5.38. The predicted molar refractivity (Wildman–Crippen MR) is 60.8 cm³/mol. The Morgan fingerprint density at radius 1 is 1.24 bits per heavy atom. The van der Waals surface area contributed by atoms with Gasteiger partial charge in [0.05, 0.1) is 0 Å². The molecule has 1 aromatic heterocycles. The van der Waals surface area contributed by atoms with E-state index in [-0.39, 0.29) is 5.78 Å². The lowest BCUT2D eigenvalue weighted by Gasteiger charge is -2.18. The van der Waals surface area contributed by atoms with Crippen molar-refractivity contribution in [2.24, 2.45) is 0 Å². The molecule has 2 aromatic rings. The summed E-state index contributed by atoms with van der Waals surface area (Å²) >= 11 is 1.15. The molecule has 0 radical (unpaired) electrons. The van der Waals surface area contributed by atoms with E-state index in [0.717, 1.165) is 11.5 Å². The zero-order valence-electron chi connectivity index (χ0n) is 8.75. The molecule has 0 saturated carbocycles. The van der Waals surface area contributed by atoms with Gasteiger partial charge in [-0.25, -0.2) is 0 Å². The van der Waals surface area contributed by atoms with Crippen LogP contribution < -0.4 is 9.47 Å². The lowest BCUT2D eigenvalue weighted by Crippen LogP contribution is -2.16. The Balaban J connectivity index is 1.96. The summed E-state index contributed by atoms with van der Waals surface area (Å²) in [7, 11) is 0. The molecule has 0 atom stereocenters. The van der Waals surface area contributed by atoms with Gasteiger partial charge < -0.3 is 9.47 Å². The minimum absolute atomic E-state index is 0.157. The molecule has 5 nitrogen and oxygen atoms in total. The maximum atomic E-state index is 12.0. The van der Waals surface area contributed by atoms with Crippen molar-refractivity contribution in [3.8, 4) is 11.5 Å². The number of carbonyl (C=O) groups excluding carboxylic acids is 1. The Morgan fingerprint density at radius 2 is 2.06 bits per heavy atom. The minimum atomic E-state index is -0.157. The topological polar surface area (TPSA) is 61.3 Å². The molecule has 6 heteroatoms. The van der Waals surface area contributed by atoms with Gasteiger partial charge in [-0.1, -0.05) is 4.49 Å². The van der Waals surface area contributed by atoms with Gasteiger partial charge in [-0.2, -0.15) is 0 Å². The molecule has 0 saturated heterocycles. The second-order valence-electron chi connectivity index (χ2n) is 3.48. The Hall–Kier alpha value is -1.95. The summed E-state index contributed by atoms with van der Waals surface area (Å²) in [6.07, 6.45) is 0. The van der Waals surface area contributed by atoms with Crippen LogP contribution >= 0.6 is 11.5 Å². The van der Waals surface area contributed by atoms with Crippen LogP contribution in [0.15, 0.2) is 23.6 Å². The van der Waals surface area contributed by atoms with Crippen LogP contribution in [0.25, 0.3) is 0 Å². The van der Waals surface area contributed by atoms with Gasteiger partial charge in [0.15, 0.2) is 11.5 Å². The van der Waals surface area contributed by atoms with E-state index < -0.39 is 0 Å². The van der Waals surface area contributed by atoms with Crippen molar-refractivity contribution in [1.29, 1.82) is 0 Å². The van der Waals surface area contributed by atoms with E-state index in [1.807, 2.05) is 0 Å². The van der Waals surface area contributed by atoms with Crippen molar-refractivity contribution in [2.75, 3.05) is 13.2 Å². The van der Waals surface area contributed by atoms with Crippen molar-refractivity contribution in [2.45, 2.75) is 0 Å². The molecule has 0 unspecified atom stereocenters. The highest BCUT2D eigenvalue weighted by Gasteiger charge is 2.17. The Labute approximate surface area is 101 Å². The van der Waals surface area contributed by atoms with Gasteiger partial charge in [0, 0.05) is 10.9 Å². The van der Waals surface area contributed by atoms with Crippen LogP contribution in [0.3, 0.4) is 0 Å². The molecular weight excluding hydrogens is 240 g/mol. The van der Waals surface area contributed by atoms with Gasteiger partial charge >= 0.3 is 0 Å². The molecular formula is C11H8N2O3S.